The monoisotopic (exact) mass is 264 g/mol. The average Bonchev–Trinajstić information content (AvgIpc) is 2.97. The van der Waals surface area contributed by atoms with E-state index in [9.17, 15) is 14.7 Å². The fraction of sp³-hybridized carbons (Fsp3) is 0.571. The zero-order valence-corrected chi connectivity index (χ0v) is 11.2. The Balaban J connectivity index is 1.88. The molecule has 1 amide bonds. The van der Waals surface area contributed by atoms with Crippen molar-refractivity contribution in [3.8, 4) is 0 Å². The van der Waals surface area contributed by atoms with Gasteiger partial charge in [-0.15, -0.1) is 0 Å². The molecule has 0 saturated heterocycles. The van der Waals surface area contributed by atoms with Gasteiger partial charge in [0, 0.05) is 32.4 Å². The minimum Gasteiger partial charge on any atom is -0.481 e. The largest absolute Gasteiger partial charge is 0.481 e. The van der Waals surface area contributed by atoms with Gasteiger partial charge in [0.2, 0.25) is 5.91 Å². The molecular formula is C14H20N2O3. The van der Waals surface area contributed by atoms with E-state index in [4.69, 9.17) is 0 Å². The topological polar surface area (TPSA) is 71.3 Å². The highest BCUT2D eigenvalue weighted by molar-refractivity contribution is 5.85. The van der Waals surface area contributed by atoms with E-state index in [-0.39, 0.29) is 12.3 Å². The molecule has 2 rings (SSSR count). The second kappa shape index (κ2) is 5.47. The Labute approximate surface area is 112 Å². The first-order chi connectivity index (χ1) is 9.02. The van der Waals surface area contributed by atoms with Crippen LogP contribution in [0.3, 0.4) is 0 Å². The maximum Gasteiger partial charge on any atom is 0.310 e. The number of carbonyl (C=O) groups excluding carboxylic acids is 1. The normalized spacial score (nSPS) is 17.3. The molecule has 0 unspecified atom stereocenters. The van der Waals surface area contributed by atoms with Gasteiger partial charge in [0.25, 0.3) is 0 Å². The van der Waals surface area contributed by atoms with E-state index in [1.807, 2.05) is 30.1 Å². The fourth-order valence-electron chi connectivity index (χ4n) is 2.75. The number of amides is 1. The number of aryl methyl sites for hydroxylation is 1. The molecule has 104 valence electrons. The minimum absolute atomic E-state index is 0.0924. The van der Waals surface area contributed by atoms with Crippen LogP contribution in [0.15, 0.2) is 18.5 Å². The van der Waals surface area contributed by atoms with Crippen LogP contribution in [0.5, 0.6) is 0 Å². The zero-order chi connectivity index (χ0) is 13.9. The highest BCUT2D eigenvalue weighted by Gasteiger charge is 2.42. The van der Waals surface area contributed by atoms with E-state index in [1.54, 1.807) is 0 Å². The van der Waals surface area contributed by atoms with Crippen molar-refractivity contribution in [2.45, 2.75) is 38.6 Å². The van der Waals surface area contributed by atoms with Crippen LogP contribution in [-0.2, 0) is 23.2 Å². The van der Waals surface area contributed by atoms with E-state index in [1.165, 1.54) is 0 Å². The van der Waals surface area contributed by atoms with Gasteiger partial charge in [-0.1, -0.05) is 12.8 Å². The van der Waals surface area contributed by atoms with E-state index in [0.29, 0.717) is 19.4 Å². The van der Waals surface area contributed by atoms with Crippen molar-refractivity contribution < 1.29 is 14.7 Å². The van der Waals surface area contributed by atoms with Gasteiger partial charge >= 0.3 is 5.97 Å². The Morgan fingerprint density at radius 3 is 2.63 bits per heavy atom. The molecule has 1 aliphatic carbocycles. The lowest BCUT2D eigenvalue weighted by Gasteiger charge is -2.22. The molecule has 5 heteroatoms. The predicted molar refractivity (Wildman–Crippen MR) is 70.4 cm³/mol. The molecule has 0 radical (unpaired) electrons. The molecule has 1 aromatic rings. The number of carboxylic acids is 1. The molecule has 1 saturated carbocycles. The average molecular weight is 264 g/mol. The molecule has 5 nitrogen and oxygen atoms in total. The molecular weight excluding hydrogens is 244 g/mol. The van der Waals surface area contributed by atoms with Crippen molar-refractivity contribution in [1.82, 2.24) is 9.88 Å². The lowest BCUT2D eigenvalue weighted by molar-refractivity contribution is -0.151. The van der Waals surface area contributed by atoms with Gasteiger partial charge in [-0.25, -0.2) is 0 Å². The summed E-state index contributed by atoms with van der Waals surface area (Å²) < 4.78 is 1.91. The van der Waals surface area contributed by atoms with Crippen LogP contribution in [-0.4, -0.2) is 21.6 Å². The van der Waals surface area contributed by atoms with Crippen LogP contribution in [0.1, 0.15) is 37.7 Å². The standard InChI is InChI=1S/C14H20N2O3/c1-16-7-4-11(10-16)9-15-12(17)8-14(13(18)19)5-2-3-6-14/h4,7,10H,2-3,5-6,8-9H2,1H3,(H,15,17)(H,18,19). The number of hydrogen-bond acceptors (Lipinski definition) is 2. The molecule has 1 aliphatic rings. The van der Waals surface area contributed by atoms with Gasteiger partial charge in [0.1, 0.15) is 0 Å². The SMILES string of the molecule is Cn1ccc(CNC(=O)CC2(C(=O)O)CCCC2)c1. The summed E-state index contributed by atoms with van der Waals surface area (Å²) in [4.78, 5) is 23.3. The number of nitrogens with zero attached hydrogens (tertiary/aromatic N) is 1. The number of nitrogens with one attached hydrogen (secondary N) is 1. The summed E-state index contributed by atoms with van der Waals surface area (Å²) >= 11 is 0. The maximum atomic E-state index is 11.9. The second-order valence-electron chi connectivity index (χ2n) is 5.43. The molecule has 0 bridgehead atoms. The zero-order valence-electron chi connectivity index (χ0n) is 11.2. The molecule has 1 aromatic heterocycles. The minimum atomic E-state index is -0.833. The third-order valence-corrected chi connectivity index (χ3v) is 3.90. The van der Waals surface area contributed by atoms with Crippen LogP contribution in [0.25, 0.3) is 0 Å². The smallest absolute Gasteiger partial charge is 0.310 e. The third kappa shape index (κ3) is 3.16. The Hall–Kier alpha value is -1.78. The third-order valence-electron chi connectivity index (χ3n) is 3.90. The molecule has 2 N–H and O–H groups in total. The molecule has 0 atom stereocenters. The van der Waals surface area contributed by atoms with Crippen molar-refractivity contribution in [3.63, 3.8) is 0 Å². The fourth-order valence-corrected chi connectivity index (χ4v) is 2.75. The summed E-state index contributed by atoms with van der Waals surface area (Å²) in [5.74, 6) is -1.01. The second-order valence-corrected chi connectivity index (χ2v) is 5.43. The summed E-state index contributed by atoms with van der Waals surface area (Å²) in [6.45, 7) is 0.454. The quantitative estimate of drug-likeness (QED) is 0.850. The summed E-state index contributed by atoms with van der Waals surface area (Å²) in [5.41, 5.74) is 0.187. The lowest BCUT2D eigenvalue weighted by Crippen LogP contribution is -2.35. The Morgan fingerprint density at radius 2 is 2.11 bits per heavy atom. The molecule has 0 aromatic carbocycles. The lowest BCUT2D eigenvalue weighted by atomic mass is 9.82. The van der Waals surface area contributed by atoms with Gasteiger partial charge in [0.05, 0.1) is 5.41 Å². The van der Waals surface area contributed by atoms with Crippen molar-refractivity contribution in [2.75, 3.05) is 0 Å². The van der Waals surface area contributed by atoms with Crippen molar-refractivity contribution in [3.05, 3.63) is 24.0 Å². The Bertz CT molecular complexity index is 473. The molecule has 0 spiro atoms. The first-order valence-electron chi connectivity index (χ1n) is 6.63. The number of carbonyl (C=O) groups is 2. The maximum absolute atomic E-state index is 11.9. The summed E-state index contributed by atoms with van der Waals surface area (Å²) in [7, 11) is 1.92. The van der Waals surface area contributed by atoms with Gasteiger partial charge in [-0.2, -0.15) is 0 Å². The van der Waals surface area contributed by atoms with Gasteiger partial charge in [0.15, 0.2) is 0 Å². The molecule has 1 heterocycles. The summed E-state index contributed by atoms with van der Waals surface area (Å²) in [6.07, 6.45) is 6.97. The first-order valence-corrected chi connectivity index (χ1v) is 6.63. The van der Waals surface area contributed by atoms with Crippen molar-refractivity contribution >= 4 is 11.9 Å². The highest BCUT2D eigenvalue weighted by Crippen LogP contribution is 2.41. The van der Waals surface area contributed by atoms with Crippen LogP contribution in [0, 0.1) is 5.41 Å². The van der Waals surface area contributed by atoms with E-state index >= 15 is 0 Å². The van der Waals surface area contributed by atoms with Crippen molar-refractivity contribution in [2.24, 2.45) is 12.5 Å². The Kier molecular flexibility index (Phi) is 3.93. The van der Waals surface area contributed by atoms with E-state index < -0.39 is 11.4 Å². The molecule has 0 aliphatic heterocycles. The van der Waals surface area contributed by atoms with Crippen LogP contribution in [0.4, 0.5) is 0 Å². The molecule has 19 heavy (non-hydrogen) atoms. The first kappa shape index (κ1) is 13.6. The van der Waals surface area contributed by atoms with Crippen LogP contribution in [0.2, 0.25) is 0 Å². The van der Waals surface area contributed by atoms with Gasteiger partial charge in [-0.05, 0) is 24.5 Å². The number of carboxylic acid groups (broad SMARTS) is 1. The molecule has 1 fully saturated rings. The van der Waals surface area contributed by atoms with Crippen molar-refractivity contribution in [1.29, 1.82) is 0 Å². The predicted octanol–water partition coefficient (Wildman–Crippen LogP) is 1.68. The number of hydrogen-bond donors (Lipinski definition) is 2. The number of aromatic nitrogens is 1. The van der Waals surface area contributed by atoms with Gasteiger partial charge in [-0.3, -0.25) is 9.59 Å². The summed E-state index contributed by atoms with van der Waals surface area (Å²) in [6, 6.07) is 1.93. The van der Waals surface area contributed by atoms with Crippen LogP contribution >= 0.6 is 0 Å². The number of rotatable bonds is 5. The van der Waals surface area contributed by atoms with Crippen LogP contribution < -0.4 is 5.32 Å². The summed E-state index contributed by atoms with van der Waals surface area (Å²) in [5, 5.41) is 12.1. The highest BCUT2D eigenvalue weighted by atomic mass is 16.4. The van der Waals surface area contributed by atoms with E-state index in [2.05, 4.69) is 5.32 Å². The Morgan fingerprint density at radius 1 is 1.42 bits per heavy atom. The van der Waals surface area contributed by atoms with E-state index in [0.717, 1.165) is 18.4 Å². The number of aliphatic carboxylic acids is 1. The van der Waals surface area contributed by atoms with Gasteiger partial charge < -0.3 is 15.0 Å².